The Morgan fingerprint density at radius 3 is 1.91 bits per heavy atom. The molecule has 206 valence electrons. The van der Waals surface area contributed by atoms with Crippen LogP contribution in [0.4, 0.5) is 0 Å². The fourth-order valence-corrected chi connectivity index (χ4v) is 2.68. The van der Waals surface area contributed by atoms with Gasteiger partial charge in [-0.2, -0.15) is 0 Å². The molecule has 0 fully saturated rings. The van der Waals surface area contributed by atoms with E-state index in [-0.39, 0.29) is 61.9 Å². The number of carbonyl (C=O) groups excluding carboxylic acids is 2. The Labute approximate surface area is 197 Å². The van der Waals surface area contributed by atoms with Gasteiger partial charge in [-0.1, -0.05) is 0 Å². The lowest BCUT2D eigenvalue weighted by atomic mass is 9.85. The van der Waals surface area contributed by atoms with Gasteiger partial charge < -0.3 is 72.6 Å². The second-order valence-electron chi connectivity index (χ2n) is 7.25. The summed E-state index contributed by atoms with van der Waals surface area (Å²) in [6.07, 6.45) is -7.93. The van der Waals surface area contributed by atoms with Crippen LogP contribution in [0.15, 0.2) is 0 Å². The molecule has 0 aromatic heterocycles. The molecular weight excluding hydrogens is 465 g/mol. The largest absolute Gasteiger partial charge is 0.437 e. The fraction of sp³-hybridized carbons (Fsp3) is 0.882. The average molecular weight is 507 g/mol. The van der Waals surface area contributed by atoms with E-state index >= 15 is 0 Å². The van der Waals surface area contributed by atoms with Crippen molar-refractivity contribution in [3.8, 4) is 0 Å². The first-order chi connectivity index (χ1) is 14.5. The molecule has 0 radical (unpaired) electrons. The summed E-state index contributed by atoms with van der Waals surface area (Å²) in [5.41, 5.74) is 0. The van der Waals surface area contributed by atoms with E-state index in [1.807, 2.05) is 0 Å². The number of hydrogen-bond donors (Lipinski definition) is 10. The van der Waals surface area contributed by atoms with Crippen LogP contribution in [0.3, 0.4) is 0 Å². The average Bonchev–Trinajstić information content (AvgIpc) is 2.70. The van der Waals surface area contributed by atoms with E-state index in [1.165, 1.54) is 11.6 Å². The quantitative estimate of drug-likeness (QED) is 0.0824. The van der Waals surface area contributed by atoms with Gasteiger partial charge >= 0.3 is 7.05 Å². The minimum absolute atomic E-state index is 0. The van der Waals surface area contributed by atoms with Crippen molar-refractivity contribution in [3.05, 3.63) is 0 Å². The Bertz CT molecular complexity index is 521. The first kappa shape index (κ1) is 39.7. The molecule has 0 aromatic rings. The van der Waals surface area contributed by atoms with E-state index < -0.39 is 62.6 Å². The molecule has 0 aromatic carbocycles. The molecule has 0 rings (SSSR count). The summed E-state index contributed by atoms with van der Waals surface area (Å²) in [6, 6.07) is 0. The molecule has 0 saturated heterocycles. The van der Waals surface area contributed by atoms with E-state index in [4.69, 9.17) is 10.2 Å². The van der Waals surface area contributed by atoms with Crippen molar-refractivity contribution >= 4 is 18.9 Å². The maximum Gasteiger partial charge on any atom is 0.376 e. The summed E-state index contributed by atoms with van der Waals surface area (Å²) in [5.74, 6) is -1.41. The van der Waals surface area contributed by atoms with Crippen molar-refractivity contribution in [2.45, 2.75) is 56.6 Å². The zero-order valence-electron chi connectivity index (χ0n) is 19.2. The molecule has 16 N–H and O–H groups in total. The lowest BCUT2D eigenvalue weighted by molar-refractivity contribution is -0.141. The van der Waals surface area contributed by atoms with Crippen molar-refractivity contribution in [3.63, 3.8) is 0 Å². The van der Waals surface area contributed by atoms with Gasteiger partial charge in [0.05, 0.1) is 31.3 Å². The highest BCUT2D eigenvalue weighted by Crippen LogP contribution is 2.04. The Morgan fingerprint density at radius 2 is 1.44 bits per heavy atom. The Kier molecular flexibility index (Phi) is 25.7. The van der Waals surface area contributed by atoms with Gasteiger partial charge in [-0.15, -0.1) is 0 Å². The first-order valence-electron chi connectivity index (χ1n) is 10.1. The number of hydrogen-bond acceptors (Lipinski definition) is 11. The maximum atomic E-state index is 11.9. The zero-order valence-corrected chi connectivity index (χ0v) is 19.2. The van der Waals surface area contributed by atoms with E-state index in [9.17, 15) is 40.1 Å². The number of amides is 2. The molecule has 2 amide bonds. The predicted molar refractivity (Wildman–Crippen MR) is 120 cm³/mol. The molecule has 0 spiro atoms. The Morgan fingerprint density at radius 1 is 0.912 bits per heavy atom. The molecule has 0 aliphatic rings. The van der Waals surface area contributed by atoms with Gasteiger partial charge in [-0.3, -0.25) is 9.59 Å². The van der Waals surface area contributed by atoms with Crippen LogP contribution in [0.2, 0.25) is 6.82 Å². The normalized spacial score (nSPS) is 14.9. The summed E-state index contributed by atoms with van der Waals surface area (Å²) in [7, 11) is -0.916. The smallest absolute Gasteiger partial charge is 0.376 e. The monoisotopic (exact) mass is 507 g/mol. The van der Waals surface area contributed by atoms with Crippen LogP contribution in [0, 0.1) is 0 Å². The highest BCUT2D eigenvalue weighted by molar-refractivity contribution is 6.45. The number of aliphatic hydroxyl groups excluding tert-OH is 7. The molecule has 0 aliphatic heterocycles. The van der Waals surface area contributed by atoms with Crippen LogP contribution in [0.5, 0.6) is 0 Å². The third-order valence-corrected chi connectivity index (χ3v) is 4.54. The van der Waals surface area contributed by atoms with Crippen molar-refractivity contribution in [2.24, 2.45) is 0 Å². The number of aliphatic hydroxyl groups is 7. The predicted octanol–water partition coefficient (Wildman–Crippen LogP) is -7.88. The summed E-state index contributed by atoms with van der Waals surface area (Å²) < 4.78 is 0. The van der Waals surface area contributed by atoms with E-state index in [0.29, 0.717) is 0 Å². The van der Waals surface area contributed by atoms with Gasteiger partial charge in [0.1, 0.15) is 6.10 Å². The fourth-order valence-electron chi connectivity index (χ4n) is 2.68. The van der Waals surface area contributed by atoms with Crippen molar-refractivity contribution in [1.29, 1.82) is 0 Å². The van der Waals surface area contributed by atoms with Crippen LogP contribution in [0.1, 0.15) is 19.3 Å². The molecule has 0 unspecified atom stereocenters. The van der Waals surface area contributed by atoms with Crippen molar-refractivity contribution in [1.82, 2.24) is 15.4 Å². The van der Waals surface area contributed by atoms with Gasteiger partial charge in [-0.25, -0.2) is 0 Å². The summed E-state index contributed by atoms with van der Waals surface area (Å²) in [5, 5.41) is 79.9. The van der Waals surface area contributed by atoms with Gasteiger partial charge in [-0.05, 0) is 13.2 Å². The van der Waals surface area contributed by atoms with E-state index in [0.717, 1.165) is 0 Å². The Balaban J connectivity index is -0.00000150. The van der Waals surface area contributed by atoms with Crippen LogP contribution in [0.25, 0.3) is 0 Å². The summed E-state index contributed by atoms with van der Waals surface area (Å²) in [4.78, 5) is 25.1. The Hall–Kier alpha value is -1.48. The number of nitrogens with one attached hydrogen (secondary N) is 2. The highest BCUT2D eigenvalue weighted by atomic mass is 16.4. The van der Waals surface area contributed by atoms with Crippen LogP contribution >= 0.6 is 0 Å². The van der Waals surface area contributed by atoms with E-state index in [1.54, 1.807) is 0 Å². The molecule has 0 bridgehead atoms. The second kappa shape index (κ2) is 22.0. The van der Waals surface area contributed by atoms with Crippen molar-refractivity contribution in [2.75, 3.05) is 39.4 Å². The van der Waals surface area contributed by atoms with Gasteiger partial charge in [0.2, 0.25) is 5.91 Å². The van der Waals surface area contributed by atoms with Gasteiger partial charge in [0, 0.05) is 39.2 Å². The standard InChI is InChI=1S/C17H36BN3O10.3H2O/c1-18(31)21(5-3-19-14(27)9-11(24)8-12(25)10-23)6-4-20-17(30)16(29)15(28)13(26)2-7-22;;;/h11-13,15-16,22-26,28-29,31H,2-10H2,1H3,(H,19,27)(H,20,30);3*1H2/t11-,12+,13-,15+,16-;;;/m1.../s1. The molecule has 5 atom stereocenters. The minimum Gasteiger partial charge on any atom is -0.437 e. The van der Waals surface area contributed by atoms with Crippen LogP contribution < -0.4 is 10.6 Å². The topological polar surface area (TPSA) is 318 Å². The molecule has 0 aliphatic carbocycles. The third kappa shape index (κ3) is 17.0. The summed E-state index contributed by atoms with van der Waals surface area (Å²) >= 11 is 0. The van der Waals surface area contributed by atoms with Crippen molar-refractivity contribution < 1.29 is 66.8 Å². The molecule has 0 heterocycles. The zero-order chi connectivity index (χ0) is 24.0. The molecular formula is C17H42BN3O13. The summed E-state index contributed by atoms with van der Waals surface area (Å²) in [6.45, 7) is 1.01. The molecule has 16 nitrogen and oxygen atoms in total. The lowest BCUT2D eigenvalue weighted by Gasteiger charge is -2.25. The van der Waals surface area contributed by atoms with Gasteiger partial charge in [0.15, 0.2) is 6.10 Å². The highest BCUT2D eigenvalue weighted by Gasteiger charge is 2.30. The number of carbonyl (C=O) groups is 2. The van der Waals surface area contributed by atoms with Crippen LogP contribution in [-0.2, 0) is 9.59 Å². The van der Waals surface area contributed by atoms with Gasteiger partial charge in [0.25, 0.3) is 5.91 Å². The van der Waals surface area contributed by atoms with E-state index in [2.05, 4.69) is 10.6 Å². The second-order valence-corrected chi connectivity index (χ2v) is 7.25. The number of nitrogens with zero attached hydrogens (tertiary/aromatic N) is 1. The minimum atomic E-state index is -1.89. The first-order valence-corrected chi connectivity index (χ1v) is 10.1. The molecule has 0 saturated carbocycles. The maximum absolute atomic E-state index is 11.9. The number of rotatable bonds is 17. The SMILES string of the molecule is CB(O)N(CCNC(=O)C[C@H](O)C[C@H](O)CO)CCNC(=O)[C@H](O)[C@@H](O)[C@H](O)CCO.O.O.O. The van der Waals surface area contributed by atoms with Crippen LogP contribution in [-0.4, -0.2) is 151 Å². The third-order valence-electron chi connectivity index (χ3n) is 4.54. The molecule has 17 heteroatoms. The molecule has 34 heavy (non-hydrogen) atoms. The lowest BCUT2D eigenvalue weighted by Crippen LogP contribution is -2.50.